The Morgan fingerprint density at radius 1 is 1.29 bits per heavy atom. The van der Waals surface area contributed by atoms with Crippen LogP contribution in [0.25, 0.3) is 0 Å². The Bertz CT molecular complexity index is 525. The number of sulfonamides is 1. The standard InChI is InChI=1S/C14H24N4O2S/c1-17(2)21(19,20)12-9-16-13-5-10-18(11-6-13)14-3-7-15-8-4-14/h3-4,7-8,13,16H,5-6,9-12H2,1-2H3. The lowest BCUT2D eigenvalue weighted by atomic mass is 10.0. The van der Waals surface area contributed by atoms with Crippen molar-refractivity contribution >= 4 is 15.7 Å². The maximum absolute atomic E-state index is 11.7. The van der Waals surface area contributed by atoms with Crippen molar-refractivity contribution in [3.05, 3.63) is 24.5 Å². The molecule has 1 aromatic heterocycles. The van der Waals surface area contributed by atoms with Gasteiger partial charge in [-0.25, -0.2) is 12.7 Å². The van der Waals surface area contributed by atoms with Crippen molar-refractivity contribution < 1.29 is 8.42 Å². The van der Waals surface area contributed by atoms with Gasteiger partial charge in [-0.15, -0.1) is 0 Å². The number of pyridine rings is 1. The quantitative estimate of drug-likeness (QED) is 0.830. The Hall–Kier alpha value is -1.18. The Labute approximate surface area is 127 Å². The molecule has 0 amide bonds. The molecular formula is C14H24N4O2S. The SMILES string of the molecule is CN(C)S(=O)(=O)CCNC1CCN(c2ccncc2)CC1. The van der Waals surface area contributed by atoms with Gasteiger partial charge in [-0.05, 0) is 25.0 Å². The minimum Gasteiger partial charge on any atom is -0.371 e. The maximum atomic E-state index is 11.7. The molecule has 7 heteroatoms. The van der Waals surface area contributed by atoms with Crippen LogP contribution in [-0.2, 0) is 10.0 Å². The summed E-state index contributed by atoms with van der Waals surface area (Å²) >= 11 is 0. The van der Waals surface area contributed by atoms with Crippen LogP contribution < -0.4 is 10.2 Å². The van der Waals surface area contributed by atoms with E-state index in [9.17, 15) is 8.42 Å². The second kappa shape index (κ2) is 7.20. The molecule has 1 aromatic rings. The second-order valence-corrected chi connectivity index (χ2v) is 7.82. The van der Waals surface area contributed by atoms with Crippen molar-refractivity contribution in [2.24, 2.45) is 0 Å². The van der Waals surface area contributed by atoms with E-state index in [2.05, 4.69) is 15.2 Å². The van der Waals surface area contributed by atoms with Gasteiger partial charge in [-0.1, -0.05) is 0 Å². The molecule has 0 saturated carbocycles. The monoisotopic (exact) mass is 312 g/mol. The highest BCUT2D eigenvalue weighted by molar-refractivity contribution is 7.89. The highest BCUT2D eigenvalue weighted by Crippen LogP contribution is 2.18. The number of aromatic nitrogens is 1. The van der Waals surface area contributed by atoms with Crippen LogP contribution in [0.2, 0.25) is 0 Å². The van der Waals surface area contributed by atoms with Crippen molar-refractivity contribution in [3.8, 4) is 0 Å². The average molecular weight is 312 g/mol. The molecule has 1 fully saturated rings. The van der Waals surface area contributed by atoms with Crippen molar-refractivity contribution in [2.45, 2.75) is 18.9 Å². The van der Waals surface area contributed by atoms with Gasteiger partial charge >= 0.3 is 0 Å². The number of nitrogens with one attached hydrogen (secondary N) is 1. The van der Waals surface area contributed by atoms with Crippen LogP contribution >= 0.6 is 0 Å². The molecule has 1 aliphatic rings. The first-order valence-electron chi connectivity index (χ1n) is 7.27. The lowest BCUT2D eigenvalue weighted by molar-refractivity contribution is 0.421. The molecule has 2 heterocycles. The van der Waals surface area contributed by atoms with Gasteiger partial charge in [0.1, 0.15) is 0 Å². The van der Waals surface area contributed by atoms with Crippen molar-refractivity contribution in [1.82, 2.24) is 14.6 Å². The summed E-state index contributed by atoms with van der Waals surface area (Å²) in [7, 11) is 0.0446. The molecule has 21 heavy (non-hydrogen) atoms. The van der Waals surface area contributed by atoms with Gasteiger partial charge in [0.2, 0.25) is 10.0 Å². The normalized spacial score (nSPS) is 17.4. The van der Waals surface area contributed by atoms with Crippen molar-refractivity contribution in [3.63, 3.8) is 0 Å². The molecular weight excluding hydrogens is 288 g/mol. The lowest BCUT2D eigenvalue weighted by Gasteiger charge is -2.34. The highest BCUT2D eigenvalue weighted by Gasteiger charge is 2.20. The molecule has 0 aromatic carbocycles. The summed E-state index contributed by atoms with van der Waals surface area (Å²) in [6.45, 7) is 2.49. The molecule has 0 radical (unpaired) electrons. The van der Waals surface area contributed by atoms with Crippen LogP contribution in [0.15, 0.2) is 24.5 Å². The molecule has 1 aliphatic heterocycles. The third-order valence-electron chi connectivity index (χ3n) is 3.87. The molecule has 0 spiro atoms. The molecule has 118 valence electrons. The molecule has 1 saturated heterocycles. The zero-order valence-electron chi connectivity index (χ0n) is 12.7. The largest absolute Gasteiger partial charge is 0.371 e. The van der Waals surface area contributed by atoms with Gasteiger partial charge in [-0.3, -0.25) is 4.98 Å². The molecule has 0 atom stereocenters. The fourth-order valence-electron chi connectivity index (χ4n) is 2.47. The Morgan fingerprint density at radius 3 is 2.48 bits per heavy atom. The van der Waals surface area contributed by atoms with Crippen LogP contribution in [-0.4, -0.2) is 63.2 Å². The van der Waals surface area contributed by atoms with Gasteiger partial charge in [0.05, 0.1) is 5.75 Å². The first-order chi connectivity index (χ1) is 9.99. The van der Waals surface area contributed by atoms with E-state index in [1.165, 1.54) is 9.99 Å². The van der Waals surface area contributed by atoms with E-state index in [4.69, 9.17) is 0 Å². The Morgan fingerprint density at radius 2 is 1.90 bits per heavy atom. The van der Waals surface area contributed by atoms with E-state index in [-0.39, 0.29) is 5.75 Å². The summed E-state index contributed by atoms with van der Waals surface area (Å²) < 4.78 is 24.6. The molecule has 6 nitrogen and oxygen atoms in total. The van der Waals surface area contributed by atoms with E-state index in [1.54, 1.807) is 14.1 Å². The molecule has 0 aliphatic carbocycles. The first kappa shape index (κ1) is 16.2. The van der Waals surface area contributed by atoms with E-state index < -0.39 is 10.0 Å². The molecule has 1 N–H and O–H groups in total. The fraction of sp³-hybridized carbons (Fsp3) is 0.643. The topological polar surface area (TPSA) is 65.5 Å². The number of anilines is 1. The molecule has 2 rings (SSSR count). The van der Waals surface area contributed by atoms with E-state index >= 15 is 0 Å². The van der Waals surface area contributed by atoms with Gasteiger partial charge < -0.3 is 10.2 Å². The van der Waals surface area contributed by atoms with E-state index in [0.29, 0.717) is 12.6 Å². The van der Waals surface area contributed by atoms with Crippen molar-refractivity contribution in [2.75, 3.05) is 44.4 Å². The predicted molar refractivity (Wildman–Crippen MR) is 84.9 cm³/mol. The average Bonchev–Trinajstić information content (AvgIpc) is 2.48. The molecule has 0 unspecified atom stereocenters. The minimum absolute atomic E-state index is 0.157. The Kier molecular flexibility index (Phi) is 5.55. The predicted octanol–water partition coefficient (Wildman–Crippen LogP) is 0.531. The minimum atomic E-state index is -3.10. The van der Waals surface area contributed by atoms with Gasteiger partial charge in [-0.2, -0.15) is 0 Å². The number of piperidine rings is 1. The van der Waals surface area contributed by atoms with E-state index in [1.807, 2.05) is 24.5 Å². The van der Waals surface area contributed by atoms with Crippen LogP contribution in [0.3, 0.4) is 0 Å². The van der Waals surface area contributed by atoms with Gasteiger partial charge in [0.15, 0.2) is 0 Å². The van der Waals surface area contributed by atoms with Crippen LogP contribution in [0, 0.1) is 0 Å². The van der Waals surface area contributed by atoms with Crippen LogP contribution in [0.5, 0.6) is 0 Å². The number of hydrogen-bond donors (Lipinski definition) is 1. The first-order valence-corrected chi connectivity index (χ1v) is 8.88. The highest BCUT2D eigenvalue weighted by atomic mass is 32.2. The van der Waals surface area contributed by atoms with E-state index in [0.717, 1.165) is 25.9 Å². The van der Waals surface area contributed by atoms with Gasteiger partial charge in [0, 0.05) is 57.9 Å². The Balaban J connectivity index is 1.73. The third-order valence-corrected chi connectivity index (χ3v) is 5.70. The van der Waals surface area contributed by atoms with Crippen LogP contribution in [0.1, 0.15) is 12.8 Å². The summed E-state index contributed by atoms with van der Waals surface area (Å²) in [4.78, 5) is 6.38. The zero-order chi connectivity index (χ0) is 15.3. The maximum Gasteiger partial charge on any atom is 0.214 e. The third kappa shape index (κ3) is 4.66. The summed E-state index contributed by atoms with van der Waals surface area (Å²) in [5.74, 6) is 0.157. The number of rotatable bonds is 6. The smallest absolute Gasteiger partial charge is 0.214 e. The fourth-order valence-corrected chi connectivity index (χ4v) is 3.21. The van der Waals surface area contributed by atoms with Crippen LogP contribution in [0.4, 0.5) is 5.69 Å². The second-order valence-electron chi connectivity index (χ2n) is 5.52. The van der Waals surface area contributed by atoms with Gasteiger partial charge in [0.25, 0.3) is 0 Å². The lowest BCUT2D eigenvalue weighted by Crippen LogP contribution is -2.44. The number of hydrogen-bond acceptors (Lipinski definition) is 5. The summed E-state index contributed by atoms with van der Waals surface area (Å²) in [5.41, 5.74) is 1.21. The number of nitrogens with zero attached hydrogens (tertiary/aromatic N) is 3. The summed E-state index contributed by atoms with van der Waals surface area (Å²) in [5, 5.41) is 3.36. The molecule has 0 bridgehead atoms. The summed E-state index contributed by atoms with van der Waals surface area (Å²) in [6.07, 6.45) is 5.69. The van der Waals surface area contributed by atoms with Crippen molar-refractivity contribution in [1.29, 1.82) is 0 Å². The summed E-state index contributed by atoms with van der Waals surface area (Å²) in [6, 6.07) is 4.45. The zero-order valence-corrected chi connectivity index (χ0v) is 13.5.